The summed E-state index contributed by atoms with van der Waals surface area (Å²) in [5.41, 5.74) is 0. The summed E-state index contributed by atoms with van der Waals surface area (Å²) in [5, 5.41) is 0. The summed E-state index contributed by atoms with van der Waals surface area (Å²) in [7, 11) is 5.33. The zero-order chi connectivity index (χ0) is 7.11. The average molecular weight is 122 g/mol. The maximum Gasteiger partial charge on any atom is 0.0653 e. The van der Waals surface area contributed by atoms with Gasteiger partial charge in [0.05, 0.1) is 7.85 Å². The maximum absolute atomic E-state index is 5.33. The SMILES string of the molecule is [B]CCCCC(C)C=C. The molecule has 9 heavy (non-hydrogen) atoms. The van der Waals surface area contributed by atoms with Gasteiger partial charge < -0.3 is 0 Å². The lowest BCUT2D eigenvalue weighted by Gasteiger charge is -2.02. The van der Waals surface area contributed by atoms with Gasteiger partial charge in [-0.05, 0) is 12.3 Å². The lowest BCUT2D eigenvalue weighted by molar-refractivity contribution is 0.599. The number of hydrogen-bond donors (Lipinski definition) is 0. The monoisotopic (exact) mass is 122 g/mol. The molecule has 0 amide bonds. The van der Waals surface area contributed by atoms with Crippen LogP contribution in [-0.4, -0.2) is 7.85 Å². The first-order valence-electron chi connectivity index (χ1n) is 3.64. The number of rotatable bonds is 5. The van der Waals surface area contributed by atoms with Crippen LogP contribution < -0.4 is 0 Å². The van der Waals surface area contributed by atoms with E-state index < -0.39 is 0 Å². The zero-order valence-corrected chi connectivity index (χ0v) is 6.27. The van der Waals surface area contributed by atoms with Gasteiger partial charge in [-0.15, -0.1) is 6.58 Å². The number of allylic oxidation sites excluding steroid dienone is 1. The predicted octanol–water partition coefficient (Wildman–Crippen LogP) is 2.57. The Hall–Kier alpha value is -0.195. The normalized spacial score (nSPS) is 13.0. The van der Waals surface area contributed by atoms with E-state index >= 15 is 0 Å². The van der Waals surface area contributed by atoms with E-state index in [1.54, 1.807) is 0 Å². The predicted molar refractivity (Wildman–Crippen MR) is 43.8 cm³/mol. The molecule has 0 heterocycles. The molecule has 1 heteroatoms. The lowest BCUT2D eigenvalue weighted by Crippen LogP contribution is -1.87. The van der Waals surface area contributed by atoms with Crippen molar-refractivity contribution in [2.45, 2.75) is 32.5 Å². The van der Waals surface area contributed by atoms with Gasteiger partial charge in [-0.3, -0.25) is 0 Å². The molecule has 0 aliphatic heterocycles. The Bertz CT molecular complexity index is 69.0. The fourth-order valence-corrected chi connectivity index (χ4v) is 0.729. The van der Waals surface area contributed by atoms with Crippen LogP contribution in [-0.2, 0) is 0 Å². The molecule has 50 valence electrons. The molecule has 0 N–H and O–H groups in total. The number of unbranched alkanes of at least 4 members (excludes halogenated alkanes) is 1. The summed E-state index contributed by atoms with van der Waals surface area (Å²) in [6.45, 7) is 5.89. The van der Waals surface area contributed by atoms with Crippen molar-refractivity contribution in [1.82, 2.24) is 0 Å². The second kappa shape index (κ2) is 5.93. The molecule has 2 radical (unpaired) electrons. The Balaban J connectivity index is 2.96. The van der Waals surface area contributed by atoms with Crippen molar-refractivity contribution in [3.05, 3.63) is 12.7 Å². The third-order valence-corrected chi connectivity index (χ3v) is 1.52. The molecule has 1 atom stereocenters. The molecule has 0 saturated heterocycles. The summed E-state index contributed by atoms with van der Waals surface area (Å²) >= 11 is 0. The van der Waals surface area contributed by atoms with Gasteiger partial charge in [0.2, 0.25) is 0 Å². The van der Waals surface area contributed by atoms with Crippen LogP contribution >= 0.6 is 0 Å². The van der Waals surface area contributed by atoms with Crippen LogP contribution in [0.2, 0.25) is 6.32 Å². The highest BCUT2D eigenvalue weighted by Crippen LogP contribution is 2.08. The Morgan fingerprint density at radius 2 is 2.22 bits per heavy atom. The van der Waals surface area contributed by atoms with Crippen molar-refractivity contribution in [3.8, 4) is 0 Å². The topological polar surface area (TPSA) is 0 Å². The van der Waals surface area contributed by atoms with E-state index in [2.05, 4.69) is 13.5 Å². The van der Waals surface area contributed by atoms with Gasteiger partial charge in [-0.1, -0.05) is 32.2 Å². The molecule has 0 bridgehead atoms. The molecule has 0 spiro atoms. The third kappa shape index (κ3) is 5.68. The van der Waals surface area contributed by atoms with Crippen LogP contribution in [0.1, 0.15) is 26.2 Å². The van der Waals surface area contributed by atoms with E-state index in [1.165, 1.54) is 12.8 Å². The minimum atomic E-state index is 0.663. The summed E-state index contributed by atoms with van der Waals surface area (Å²) in [5.74, 6) is 0.663. The molecular formula is C8H15B. The van der Waals surface area contributed by atoms with Crippen molar-refractivity contribution in [1.29, 1.82) is 0 Å². The highest BCUT2D eigenvalue weighted by Gasteiger charge is 1.93. The molecular weight excluding hydrogens is 107 g/mol. The summed E-state index contributed by atoms with van der Waals surface area (Å²) in [6, 6.07) is 0. The van der Waals surface area contributed by atoms with E-state index in [9.17, 15) is 0 Å². The van der Waals surface area contributed by atoms with Crippen molar-refractivity contribution in [2.24, 2.45) is 5.92 Å². The molecule has 0 rings (SSSR count). The minimum absolute atomic E-state index is 0.663. The second-order valence-corrected chi connectivity index (χ2v) is 2.50. The van der Waals surface area contributed by atoms with Gasteiger partial charge in [-0.2, -0.15) is 0 Å². The van der Waals surface area contributed by atoms with Crippen molar-refractivity contribution < 1.29 is 0 Å². The van der Waals surface area contributed by atoms with E-state index in [0.717, 1.165) is 12.7 Å². The van der Waals surface area contributed by atoms with E-state index in [0.29, 0.717) is 5.92 Å². The van der Waals surface area contributed by atoms with E-state index in [1.807, 2.05) is 6.08 Å². The van der Waals surface area contributed by atoms with Crippen LogP contribution in [0.5, 0.6) is 0 Å². The van der Waals surface area contributed by atoms with Crippen molar-refractivity contribution in [3.63, 3.8) is 0 Å². The quantitative estimate of drug-likeness (QED) is 0.298. The molecule has 0 aromatic rings. The first kappa shape index (κ1) is 8.80. The molecule has 0 fully saturated rings. The molecule has 0 aromatic heterocycles. The molecule has 0 aliphatic rings. The first-order valence-corrected chi connectivity index (χ1v) is 3.64. The Morgan fingerprint density at radius 1 is 1.56 bits per heavy atom. The van der Waals surface area contributed by atoms with Crippen molar-refractivity contribution in [2.75, 3.05) is 0 Å². The van der Waals surface area contributed by atoms with Crippen molar-refractivity contribution >= 4 is 7.85 Å². The number of hydrogen-bond acceptors (Lipinski definition) is 0. The van der Waals surface area contributed by atoms with Gasteiger partial charge >= 0.3 is 0 Å². The average Bonchev–Trinajstić information content (AvgIpc) is 1.89. The second-order valence-electron chi connectivity index (χ2n) is 2.50. The fourth-order valence-electron chi connectivity index (χ4n) is 0.729. The minimum Gasteiger partial charge on any atom is -0.103 e. The standard InChI is InChI=1S/C8H15B/c1-3-8(2)6-4-5-7-9/h3,8H,1,4-7H2,2H3. The third-order valence-electron chi connectivity index (χ3n) is 1.52. The van der Waals surface area contributed by atoms with Gasteiger partial charge in [-0.25, -0.2) is 0 Å². The summed E-state index contributed by atoms with van der Waals surface area (Å²) in [6.07, 6.45) is 6.45. The van der Waals surface area contributed by atoms with Gasteiger partial charge in [0.1, 0.15) is 0 Å². The first-order chi connectivity index (χ1) is 4.31. The Kier molecular flexibility index (Phi) is 5.80. The van der Waals surface area contributed by atoms with Gasteiger partial charge in [0, 0.05) is 0 Å². The highest BCUT2D eigenvalue weighted by molar-refractivity contribution is 6.08. The Morgan fingerprint density at radius 3 is 2.67 bits per heavy atom. The van der Waals surface area contributed by atoms with Crippen LogP contribution in [0.4, 0.5) is 0 Å². The van der Waals surface area contributed by atoms with Gasteiger partial charge in [0.15, 0.2) is 0 Å². The lowest BCUT2D eigenvalue weighted by atomic mass is 9.96. The fraction of sp³-hybridized carbons (Fsp3) is 0.750. The van der Waals surface area contributed by atoms with Gasteiger partial charge in [0.25, 0.3) is 0 Å². The van der Waals surface area contributed by atoms with E-state index in [4.69, 9.17) is 7.85 Å². The molecule has 0 aromatic carbocycles. The smallest absolute Gasteiger partial charge is 0.0653 e. The molecule has 0 nitrogen and oxygen atoms in total. The van der Waals surface area contributed by atoms with Crippen LogP contribution in [0.25, 0.3) is 0 Å². The van der Waals surface area contributed by atoms with Crippen LogP contribution in [0.3, 0.4) is 0 Å². The van der Waals surface area contributed by atoms with Crippen LogP contribution in [0.15, 0.2) is 12.7 Å². The summed E-state index contributed by atoms with van der Waals surface area (Å²) in [4.78, 5) is 0. The highest BCUT2D eigenvalue weighted by atomic mass is 14.0. The van der Waals surface area contributed by atoms with Crippen LogP contribution in [0, 0.1) is 5.92 Å². The molecule has 0 saturated carbocycles. The molecule has 1 unspecified atom stereocenters. The van der Waals surface area contributed by atoms with E-state index in [-0.39, 0.29) is 0 Å². The maximum atomic E-state index is 5.33. The zero-order valence-electron chi connectivity index (χ0n) is 6.27. The molecule has 0 aliphatic carbocycles. The largest absolute Gasteiger partial charge is 0.103 e. The Labute approximate surface area is 59.8 Å². The summed E-state index contributed by atoms with van der Waals surface area (Å²) < 4.78 is 0.